The number of quaternary nitrogens is 1. The molecule has 0 amide bonds. The van der Waals surface area contributed by atoms with Crippen molar-refractivity contribution in [1.82, 2.24) is 0 Å². The summed E-state index contributed by atoms with van der Waals surface area (Å²) in [5.41, 5.74) is 0. The van der Waals surface area contributed by atoms with E-state index in [1.165, 1.54) is 13.1 Å². The number of ether oxygens (including phenoxy) is 1. The summed E-state index contributed by atoms with van der Waals surface area (Å²) < 4.78 is 6.31. The highest BCUT2D eigenvalue weighted by Gasteiger charge is 2.18. The molecule has 1 rings (SSSR count). The van der Waals surface area contributed by atoms with Crippen LogP contribution < -0.4 is 4.70 Å². The molecule has 0 aromatic heterocycles. The fourth-order valence-corrected chi connectivity index (χ4v) is 0.837. The van der Waals surface area contributed by atoms with Gasteiger partial charge in [-0.1, -0.05) is 0 Å². The molecule has 2 nitrogen and oxygen atoms in total. The maximum Gasteiger partial charge on any atom is 0.102 e. The minimum atomic E-state index is 0. The van der Waals surface area contributed by atoms with Crippen molar-refractivity contribution in [1.29, 1.82) is 0 Å². The molecule has 3 heteroatoms. The highest BCUT2D eigenvalue weighted by atomic mass is 19.0. The molecule has 1 aliphatic heterocycles. The number of hydrogen-bond donors (Lipinski definition) is 0. The van der Waals surface area contributed by atoms with Gasteiger partial charge in [-0.25, -0.2) is 0 Å². The first-order chi connectivity index (χ1) is 3.71. The Morgan fingerprint density at radius 3 is 1.78 bits per heavy atom. The number of rotatable bonds is 0. The summed E-state index contributed by atoms with van der Waals surface area (Å²) in [6.07, 6.45) is 0. The topological polar surface area (TPSA) is 9.23 Å². The predicted octanol–water partition coefficient (Wildman–Crippen LogP) is -2.90. The molecule has 1 fully saturated rings. The lowest BCUT2D eigenvalue weighted by atomic mass is 10.4. The minimum Gasteiger partial charge on any atom is -1.00 e. The molecule has 0 aromatic carbocycles. The monoisotopic (exact) mass is 135 g/mol. The van der Waals surface area contributed by atoms with Gasteiger partial charge in [-0.15, -0.1) is 0 Å². The van der Waals surface area contributed by atoms with Gasteiger partial charge in [-0.3, -0.25) is 0 Å². The van der Waals surface area contributed by atoms with Crippen LogP contribution in [0.2, 0.25) is 0 Å². The molecule has 0 radical (unpaired) electrons. The van der Waals surface area contributed by atoms with E-state index in [-0.39, 0.29) is 4.70 Å². The third-order valence-corrected chi connectivity index (χ3v) is 1.68. The summed E-state index contributed by atoms with van der Waals surface area (Å²) in [6, 6.07) is 0. The van der Waals surface area contributed by atoms with Gasteiger partial charge < -0.3 is 13.9 Å². The highest BCUT2D eigenvalue weighted by molar-refractivity contribution is 4.40. The smallest absolute Gasteiger partial charge is 0.102 e. The van der Waals surface area contributed by atoms with Crippen LogP contribution in [0, 0.1) is 0 Å². The molecule has 1 heterocycles. The third kappa shape index (κ3) is 2.77. The first-order valence-corrected chi connectivity index (χ1v) is 3.10. The quantitative estimate of drug-likeness (QED) is 0.324. The Balaban J connectivity index is 0.000000640. The molecule has 56 valence electrons. The van der Waals surface area contributed by atoms with Crippen molar-refractivity contribution in [3.63, 3.8) is 0 Å². The maximum absolute atomic E-state index is 5.19. The van der Waals surface area contributed by atoms with Gasteiger partial charge in [0.1, 0.15) is 13.1 Å². The van der Waals surface area contributed by atoms with Crippen molar-refractivity contribution in [3.8, 4) is 0 Å². The molecule has 0 unspecified atom stereocenters. The van der Waals surface area contributed by atoms with Crippen molar-refractivity contribution in [3.05, 3.63) is 0 Å². The fraction of sp³-hybridized carbons (Fsp3) is 1.00. The lowest BCUT2D eigenvalue weighted by molar-refractivity contribution is -0.898. The Bertz CT molecular complexity index is 77.1. The maximum atomic E-state index is 5.19. The summed E-state index contributed by atoms with van der Waals surface area (Å²) in [7, 11) is 4.48. The second-order valence-electron chi connectivity index (χ2n) is 3.00. The van der Waals surface area contributed by atoms with E-state index in [0.717, 1.165) is 17.7 Å². The molecule has 0 aliphatic carbocycles. The first-order valence-electron chi connectivity index (χ1n) is 3.10. The van der Waals surface area contributed by atoms with Gasteiger partial charge in [-0.05, 0) is 0 Å². The number of hydrogen-bond acceptors (Lipinski definition) is 1. The van der Waals surface area contributed by atoms with E-state index in [2.05, 4.69) is 14.1 Å². The molecule has 0 atom stereocenters. The molecule has 9 heavy (non-hydrogen) atoms. The summed E-state index contributed by atoms with van der Waals surface area (Å²) in [5.74, 6) is 0. The van der Waals surface area contributed by atoms with Gasteiger partial charge in [0.05, 0.1) is 27.3 Å². The van der Waals surface area contributed by atoms with Crippen LogP contribution in [0.4, 0.5) is 0 Å². The van der Waals surface area contributed by atoms with Gasteiger partial charge in [-0.2, -0.15) is 0 Å². The molecule has 0 aromatic rings. The van der Waals surface area contributed by atoms with Crippen LogP contribution in [0.15, 0.2) is 0 Å². The van der Waals surface area contributed by atoms with Gasteiger partial charge in [0.2, 0.25) is 0 Å². The van der Waals surface area contributed by atoms with E-state index in [1.54, 1.807) is 0 Å². The second kappa shape index (κ2) is 3.13. The summed E-state index contributed by atoms with van der Waals surface area (Å²) in [4.78, 5) is 0. The third-order valence-electron chi connectivity index (χ3n) is 1.68. The van der Waals surface area contributed by atoms with Crippen LogP contribution in [-0.4, -0.2) is 44.9 Å². The van der Waals surface area contributed by atoms with Gasteiger partial charge in [0.25, 0.3) is 0 Å². The van der Waals surface area contributed by atoms with E-state index in [9.17, 15) is 0 Å². The molecule has 1 aliphatic rings. The van der Waals surface area contributed by atoms with Crippen molar-refractivity contribution in [2.45, 2.75) is 0 Å². The van der Waals surface area contributed by atoms with Crippen molar-refractivity contribution in [2.75, 3.05) is 40.4 Å². The summed E-state index contributed by atoms with van der Waals surface area (Å²) in [6.45, 7) is 4.21. The zero-order valence-corrected chi connectivity index (χ0v) is 6.06. The predicted molar refractivity (Wildman–Crippen MR) is 32.7 cm³/mol. The van der Waals surface area contributed by atoms with Crippen molar-refractivity contribution >= 4 is 0 Å². The van der Waals surface area contributed by atoms with Gasteiger partial charge in [0, 0.05) is 0 Å². The zero-order valence-electron chi connectivity index (χ0n) is 6.06. The Morgan fingerprint density at radius 2 is 1.56 bits per heavy atom. The number of halogens is 1. The number of likely N-dealkylation sites (N-methyl/N-ethyl adjacent to an activating group) is 1. The standard InChI is InChI=1S/C6H14NO.FH/c1-7(2)3-5-8-6-4-7;/h3-6H2,1-2H3;1H/q+1;/p-1. The lowest BCUT2D eigenvalue weighted by Gasteiger charge is -2.33. The zero-order chi connectivity index (χ0) is 6.04. The minimum absolute atomic E-state index is 0. The van der Waals surface area contributed by atoms with Crippen LogP contribution in [0.5, 0.6) is 0 Å². The van der Waals surface area contributed by atoms with E-state index < -0.39 is 0 Å². The molecule has 0 N–H and O–H groups in total. The lowest BCUT2D eigenvalue weighted by Crippen LogP contribution is -3.00. The van der Waals surface area contributed by atoms with Crippen LogP contribution in [0.1, 0.15) is 0 Å². The van der Waals surface area contributed by atoms with E-state index in [0.29, 0.717) is 0 Å². The molecule has 1 saturated heterocycles. The fourth-order valence-electron chi connectivity index (χ4n) is 0.837. The second-order valence-corrected chi connectivity index (χ2v) is 3.00. The molecule has 0 bridgehead atoms. The van der Waals surface area contributed by atoms with E-state index >= 15 is 0 Å². The van der Waals surface area contributed by atoms with Crippen molar-refractivity contribution < 1.29 is 13.9 Å². The Morgan fingerprint density at radius 1 is 1.11 bits per heavy atom. The average Bonchev–Trinajstić information content (AvgIpc) is 1.65. The van der Waals surface area contributed by atoms with Crippen LogP contribution in [0.3, 0.4) is 0 Å². The molecule has 0 spiro atoms. The molecular formula is C6H14FNO. The van der Waals surface area contributed by atoms with Gasteiger partial charge in [0.15, 0.2) is 0 Å². The number of nitrogens with zero attached hydrogens (tertiary/aromatic N) is 1. The van der Waals surface area contributed by atoms with Crippen LogP contribution in [0.25, 0.3) is 0 Å². The Kier molecular flexibility index (Phi) is 3.08. The number of morpholine rings is 1. The first kappa shape index (κ1) is 8.85. The Labute approximate surface area is 55.4 Å². The van der Waals surface area contributed by atoms with E-state index in [1.807, 2.05) is 0 Å². The van der Waals surface area contributed by atoms with Gasteiger partial charge >= 0.3 is 0 Å². The molecular weight excluding hydrogens is 121 g/mol. The largest absolute Gasteiger partial charge is 1.00 e. The van der Waals surface area contributed by atoms with E-state index in [4.69, 9.17) is 4.74 Å². The average molecular weight is 135 g/mol. The summed E-state index contributed by atoms with van der Waals surface area (Å²) in [5, 5.41) is 0. The normalized spacial score (nSPS) is 24.7. The SMILES string of the molecule is C[N+]1(C)CCOCC1.[F-]. The van der Waals surface area contributed by atoms with Crippen molar-refractivity contribution in [2.24, 2.45) is 0 Å². The van der Waals surface area contributed by atoms with Crippen LogP contribution >= 0.6 is 0 Å². The summed E-state index contributed by atoms with van der Waals surface area (Å²) >= 11 is 0. The Hall–Kier alpha value is -0.150. The highest BCUT2D eigenvalue weighted by Crippen LogP contribution is 2.00. The molecule has 0 saturated carbocycles. The van der Waals surface area contributed by atoms with Crippen LogP contribution in [-0.2, 0) is 4.74 Å².